The van der Waals surface area contributed by atoms with Crippen LogP contribution < -0.4 is 10.6 Å². The molecule has 1 saturated heterocycles. The maximum absolute atomic E-state index is 12.5. The molecule has 2 N–H and O–H groups in total. The molecule has 10 nitrogen and oxygen atoms in total. The van der Waals surface area contributed by atoms with E-state index in [2.05, 4.69) is 25.8 Å². The summed E-state index contributed by atoms with van der Waals surface area (Å²) < 4.78 is 9.97. The lowest BCUT2D eigenvalue weighted by Gasteiger charge is -2.31. The summed E-state index contributed by atoms with van der Waals surface area (Å²) in [4.78, 5) is 34.1. The van der Waals surface area contributed by atoms with Crippen molar-refractivity contribution >= 4 is 23.8 Å². The summed E-state index contributed by atoms with van der Waals surface area (Å²) in [6.45, 7) is 5.00. The van der Waals surface area contributed by atoms with Crippen LogP contribution in [0.25, 0.3) is 0 Å². The lowest BCUT2D eigenvalue weighted by atomic mass is 10.1. The van der Waals surface area contributed by atoms with Gasteiger partial charge in [-0.2, -0.15) is 0 Å². The minimum Gasteiger partial charge on any atom is -0.450 e. The topological polar surface area (TPSA) is 122 Å². The third kappa shape index (κ3) is 4.93. The van der Waals surface area contributed by atoms with Crippen molar-refractivity contribution in [3.8, 4) is 0 Å². The van der Waals surface area contributed by atoms with E-state index < -0.39 is 0 Å². The average Bonchev–Trinajstić information content (AvgIpc) is 3.07. The SMILES string of the molecule is CCOC(=O)N1CCC(NC(=O)c2ccnc(Nc3cc(C)on3)n2)CC1. The van der Waals surface area contributed by atoms with E-state index in [0.29, 0.717) is 44.1 Å². The van der Waals surface area contributed by atoms with Gasteiger partial charge < -0.3 is 24.8 Å². The minimum absolute atomic E-state index is 0.0206. The number of ether oxygens (including phenoxy) is 1. The number of carbonyl (C=O) groups excluding carboxylic acids is 2. The van der Waals surface area contributed by atoms with Crippen LogP contribution in [0.3, 0.4) is 0 Å². The number of amides is 2. The molecule has 0 radical (unpaired) electrons. The molecule has 0 saturated carbocycles. The number of rotatable bonds is 5. The zero-order chi connectivity index (χ0) is 19.2. The predicted molar refractivity (Wildman–Crippen MR) is 95.6 cm³/mol. The summed E-state index contributed by atoms with van der Waals surface area (Å²) in [6, 6.07) is 3.23. The van der Waals surface area contributed by atoms with Crippen molar-refractivity contribution in [2.75, 3.05) is 25.0 Å². The Bertz CT molecular complexity index is 800. The number of nitrogens with zero attached hydrogens (tertiary/aromatic N) is 4. The Labute approximate surface area is 156 Å². The number of carbonyl (C=O) groups is 2. The Kier molecular flexibility index (Phi) is 5.84. The quantitative estimate of drug-likeness (QED) is 0.813. The van der Waals surface area contributed by atoms with Gasteiger partial charge in [-0.15, -0.1) is 0 Å². The fourth-order valence-electron chi connectivity index (χ4n) is 2.77. The van der Waals surface area contributed by atoms with Crippen molar-refractivity contribution in [2.45, 2.75) is 32.7 Å². The first-order valence-electron chi connectivity index (χ1n) is 8.81. The highest BCUT2D eigenvalue weighted by Crippen LogP contribution is 2.14. The van der Waals surface area contributed by atoms with Crippen molar-refractivity contribution in [3.63, 3.8) is 0 Å². The Morgan fingerprint density at radius 2 is 2.15 bits per heavy atom. The molecule has 144 valence electrons. The smallest absolute Gasteiger partial charge is 0.409 e. The van der Waals surface area contributed by atoms with Crippen LogP contribution in [0.2, 0.25) is 0 Å². The standard InChI is InChI=1S/C17H22N6O4/c1-3-26-17(25)23-8-5-12(6-9-23)19-15(24)13-4-7-18-16(20-13)21-14-10-11(2)27-22-14/h4,7,10,12H,3,5-6,8-9H2,1-2H3,(H,19,24)(H,18,20,21,22). The summed E-state index contributed by atoms with van der Waals surface area (Å²) in [5.74, 6) is 1.09. The molecule has 1 aliphatic heterocycles. The van der Waals surface area contributed by atoms with Gasteiger partial charge in [0, 0.05) is 31.4 Å². The van der Waals surface area contributed by atoms with Crippen molar-refractivity contribution in [2.24, 2.45) is 0 Å². The van der Waals surface area contributed by atoms with E-state index in [9.17, 15) is 9.59 Å². The molecule has 10 heteroatoms. The fourth-order valence-corrected chi connectivity index (χ4v) is 2.77. The molecule has 0 unspecified atom stereocenters. The van der Waals surface area contributed by atoms with Crippen molar-refractivity contribution in [1.82, 2.24) is 25.3 Å². The van der Waals surface area contributed by atoms with Crippen molar-refractivity contribution in [3.05, 3.63) is 29.8 Å². The van der Waals surface area contributed by atoms with E-state index in [0.717, 1.165) is 0 Å². The van der Waals surface area contributed by atoms with Gasteiger partial charge in [-0.25, -0.2) is 14.8 Å². The number of anilines is 2. The number of nitrogens with one attached hydrogen (secondary N) is 2. The Hall–Kier alpha value is -3.17. The lowest BCUT2D eigenvalue weighted by molar-refractivity contribution is 0.0856. The lowest BCUT2D eigenvalue weighted by Crippen LogP contribution is -2.46. The molecule has 0 aliphatic carbocycles. The third-order valence-corrected chi connectivity index (χ3v) is 4.11. The first-order chi connectivity index (χ1) is 13.0. The molecule has 3 rings (SSSR count). The van der Waals surface area contributed by atoms with Gasteiger partial charge in [0.25, 0.3) is 5.91 Å². The number of piperidine rings is 1. The maximum atomic E-state index is 12.5. The molecule has 1 aliphatic rings. The van der Waals surface area contributed by atoms with E-state index in [1.807, 2.05) is 0 Å². The van der Waals surface area contributed by atoms with Crippen LogP contribution in [-0.2, 0) is 4.74 Å². The number of hydrogen-bond donors (Lipinski definition) is 2. The molecule has 2 amide bonds. The highest BCUT2D eigenvalue weighted by molar-refractivity contribution is 5.92. The fraction of sp³-hybridized carbons (Fsp3) is 0.471. The van der Waals surface area contributed by atoms with Crippen LogP contribution in [-0.4, -0.2) is 57.8 Å². The maximum Gasteiger partial charge on any atom is 0.409 e. The number of aryl methyl sites for hydroxylation is 1. The molecule has 0 aromatic carbocycles. The summed E-state index contributed by atoms with van der Waals surface area (Å²) in [5.41, 5.74) is 0.250. The van der Waals surface area contributed by atoms with Crippen LogP contribution in [0.4, 0.5) is 16.6 Å². The summed E-state index contributed by atoms with van der Waals surface area (Å²) in [5, 5.41) is 9.65. The van der Waals surface area contributed by atoms with Crippen molar-refractivity contribution in [1.29, 1.82) is 0 Å². The van der Waals surface area contributed by atoms with Crippen LogP contribution in [0.5, 0.6) is 0 Å². The molecule has 0 spiro atoms. The Morgan fingerprint density at radius 3 is 2.81 bits per heavy atom. The average molecular weight is 374 g/mol. The molecule has 3 heterocycles. The number of hydrogen-bond acceptors (Lipinski definition) is 8. The molecule has 1 fully saturated rings. The van der Waals surface area contributed by atoms with Crippen LogP contribution in [0.15, 0.2) is 22.9 Å². The number of aromatic nitrogens is 3. The Morgan fingerprint density at radius 1 is 1.37 bits per heavy atom. The zero-order valence-corrected chi connectivity index (χ0v) is 15.3. The normalized spacial score (nSPS) is 14.7. The van der Waals surface area contributed by atoms with Gasteiger partial charge in [-0.3, -0.25) is 4.79 Å². The minimum atomic E-state index is -0.308. The Balaban J connectivity index is 1.54. The molecule has 2 aromatic heterocycles. The number of likely N-dealkylation sites (tertiary alicyclic amines) is 1. The molecular weight excluding hydrogens is 352 g/mol. The first kappa shape index (κ1) is 18.6. The van der Waals surface area contributed by atoms with Crippen LogP contribution >= 0.6 is 0 Å². The molecule has 27 heavy (non-hydrogen) atoms. The zero-order valence-electron chi connectivity index (χ0n) is 15.3. The molecule has 0 atom stereocenters. The second kappa shape index (κ2) is 8.47. The third-order valence-electron chi connectivity index (χ3n) is 4.11. The van der Waals surface area contributed by atoms with E-state index in [1.165, 1.54) is 6.20 Å². The van der Waals surface area contributed by atoms with Gasteiger partial charge in [-0.05, 0) is 32.8 Å². The molecule has 2 aromatic rings. The van der Waals surface area contributed by atoms with Crippen LogP contribution in [0.1, 0.15) is 36.0 Å². The highest BCUT2D eigenvalue weighted by Gasteiger charge is 2.25. The van der Waals surface area contributed by atoms with E-state index in [4.69, 9.17) is 9.26 Å². The van der Waals surface area contributed by atoms with Gasteiger partial charge >= 0.3 is 6.09 Å². The van der Waals surface area contributed by atoms with Gasteiger partial charge in [-0.1, -0.05) is 5.16 Å². The van der Waals surface area contributed by atoms with Crippen molar-refractivity contribution < 1.29 is 18.8 Å². The summed E-state index contributed by atoms with van der Waals surface area (Å²) >= 11 is 0. The van der Waals surface area contributed by atoms with Crippen LogP contribution in [0, 0.1) is 6.92 Å². The van der Waals surface area contributed by atoms with Gasteiger partial charge in [0.05, 0.1) is 6.61 Å². The largest absolute Gasteiger partial charge is 0.450 e. The second-order valence-corrected chi connectivity index (χ2v) is 6.15. The summed E-state index contributed by atoms with van der Waals surface area (Å²) in [6.07, 6.45) is 2.52. The van der Waals surface area contributed by atoms with E-state index >= 15 is 0 Å². The second-order valence-electron chi connectivity index (χ2n) is 6.15. The van der Waals surface area contributed by atoms with E-state index in [1.54, 1.807) is 30.9 Å². The monoisotopic (exact) mass is 374 g/mol. The van der Waals surface area contributed by atoms with Gasteiger partial charge in [0.1, 0.15) is 11.5 Å². The molecule has 0 bridgehead atoms. The van der Waals surface area contributed by atoms with Gasteiger partial charge in [0.15, 0.2) is 5.82 Å². The highest BCUT2D eigenvalue weighted by atomic mass is 16.6. The predicted octanol–water partition coefficient (Wildman–Crippen LogP) is 1.87. The summed E-state index contributed by atoms with van der Waals surface area (Å²) in [7, 11) is 0. The molecular formula is C17H22N6O4. The first-order valence-corrected chi connectivity index (χ1v) is 8.81. The van der Waals surface area contributed by atoms with Gasteiger partial charge in [0.2, 0.25) is 5.95 Å². The van der Waals surface area contributed by atoms with E-state index in [-0.39, 0.29) is 29.7 Å².